The zero-order valence-corrected chi connectivity index (χ0v) is 10.3. The maximum Gasteiger partial charge on any atom is 0.349 e. The third-order valence-electron chi connectivity index (χ3n) is 2.90. The minimum absolute atomic E-state index is 0.150. The Hall–Kier alpha value is -2.04. The highest BCUT2D eigenvalue weighted by molar-refractivity contribution is 6.18. The molecule has 0 aromatic carbocycles. The van der Waals surface area contributed by atoms with E-state index >= 15 is 0 Å². The van der Waals surface area contributed by atoms with Crippen molar-refractivity contribution in [3.05, 3.63) is 29.7 Å². The van der Waals surface area contributed by atoms with Gasteiger partial charge in [-0.3, -0.25) is 0 Å². The Morgan fingerprint density at radius 3 is 2.22 bits per heavy atom. The van der Waals surface area contributed by atoms with E-state index in [0.717, 1.165) is 0 Å². The minimum atomic E-state index is -1.13. The fourth-order valence-corrected chi connectivity index (χ4v) is 1.72. The summed E-state index contributed by atoms with van der Waals surface area (Å²) < 4.78 is 15.5. The second kappa shape index (κ2) is 4.68. The van der Waals surface area contributed by atoms with Gasteiger partial charge in [-0.25, -0.2) is 9.59 Å². The molecule has 0 aliphatic carbocycles. The molecule has 1 saturated heterocycles. The number of hydrogen-bond acceptors (Lipinski definition) is 5. The summed E-state index contributed by atoms with van der Waals surface area (Å²) in [7, 11) is 0. The van der Waals surface area contributed by atoms with Gasteiger partial charge in [0.2, 0.25) is 0 Å². The summed E-state index contributed by atoms with van der Waals surface area (Å²) >= 11 is 0. The standard InChI is InChI=1S/C13H14O5/c1-3-13(4-2)17-11(14)10(12(15)18-13)8-9-6-5-7-16-9/h5-8H,3-4H2,1-2H3. The van der Waals surface area contributed by atoms with Gasteiger partial charge < -0.3 is 13.9 Å². The van der Waals surface area contributed by atoms with Crippen LogP contribution in [-0.2, 0) is 19.1 Å². The molecule has 1 aromatic heterocycles. The smallest absolute Gasteiger partial charge is 0.349 e. The number of ether oxygens (including phenoxy) is 2. The average molecular weight is 250 g/mol. The van der Waals surface area contributed by atoms with Crippen molar-refractivity contribution in [1.82, 2.24) is 0 Å². The van der Waals surface area contributed by atoms with Crippen molar-refractivity contribution in [3.8, 4) is 0 Å². The van der Waals surface area contributed by atoms with Crippen molar-refractivity contribution in [2.24, 2.45) is 0 Å². The van der Waals surface area contributed by atoms with Gasteiger partial charge in [0.25, 0.3) is 5.79 Å². The lowest BCUT2D eigenvalue weighted by atomic mass is 10.1. The van der Waals surface area contributed by atoms with Gasteiger partial charge in [-0.15, -0.1) is 0 Å². The molecule has 1 aliphatic heterocycles. The number of rotatable bonds is 3. The maximum atomic E-state index is 11.8. The molecule has 0 amide bonds. The van der Waals surface area contributed by atoms with Crippen LogP contribution in [0.15, 0.2) is 28.4 Å². The molecule has 5 nitrogen and oxygen atoms in total. The van der Waals surface area contributed by atoms with Crippen LogP contribution >= 0.6 is 0 Å². The first-order valence-corrected chi connectivity index (χ1v) is 5.82. The van der Waals surface area contributed by atoms with Crippen LogP contribution in [0.25, 0.3) is 6.08 Å². The highest BCUT2D eigenvalue weighted by Gasteiger charge is 2.43. The van der Waals surface area contributed by atoms with Gasteiger partial charge in [-0.2, -0.15) is 0 Å². The third kappa shape index (κ3) is 2.16. The fraction of sp³-hybridized carbons (Fsp3) is 0.385. The molecule has 5 heteroatoms. The molecule has 0 saturated carbocycles. The fourth-order valence-electron chi connectivity index (χ4n) is 1.72. The first-order valence-electron chi connectivity index (χ1n) is 5.82. The average Bonchev–Trinajstić information content (AvgIpc) is 2.86. The van der Waals surface area contributed by atoms with Crippen molar-refractivity contribution in [1.29, 1.82) is 0 Å². The molecular weight excluding hydrogens is 236 g/mol. The molecule has 0 radical (unpaired) electrons. The van der Waals surface area contributed by atoms with Gasteiger partial charge in [0, 0.05) is 18.9 Å². The zero-order chi connectivity index (χ0) is 13.2. The molecule has 1 fully saturated rings. The van der Waals surface area contributed by atoms with Crippen LogP contribution in [0.2, 0.25) is 0 Å². The van der Waals surface area contributed by atoms with Crippen molar-refractivity contribution in [2.75, 3.05) is 0 Å². The highest BCUT2D eigenvalue weighted by Crippen LogP contribution is 2.30. The van der Waals surface area contributed by atoms with Crippen molar-refractivity contribution >= 4 is 18.0 Å². The summed E-state index contributed by atoms with van der Waals surface area (Å²) in [6.07, 6.45) is 3.62. The largest absolute Gasteiger partial charge is 0.465 e. The molecule has 2 rings (SSSR count). The molecule has 2 heterocycles. The highest BCUT2D eigenvalue weighted by atomic mass is 16.7. The van der Waals surface area contributed by atoms with Crippen LogP contribution < -0.4 is 0 Å². The Kier molecular flexibility index (Phi) is 3.23. The molecule has 1 aromatic rings. The molecule has 18 heavy (non-hydrogen) atoms. The van der Waals surface area contributed by atoms with Crippen LogP contribution in [0.4, 0.5) is 0 Å². The van der Waals surface area contributed by atoms with Gasteiger partial charge in [0.1, 0.15) is 11.3 Å². The van der Waals surface area contributed by atoms with E-state index in [4.69, 9.17) is 13.9 Å². The molecule has 96 valence electrons. The zero-order valence-electron chi connectivity index (χ0n) is 10.3. The van der Waals surface area contributed by atoms with Gasteiger partial charge in [-0.05, 0) is 12.1 Å². The van der Waals surface area contributed by atoms with Gasteiger partial charge in [0.15, 0.2) is 0 Å². The summed E-state index contributed by atoms with van der Waals surface area (Å²) in [5.41, 5.74) is -0.150. The molecule has 0 unspecified atom stereocenters. The summed E-state index contributed by atoms with van der Waals surface area (Å²) in [6, 6.07) is 3.29. The summed E-state index contributed by atoms with van der Waals surface area (Å²) in [4.78, 5) is 23.7. The Morgan fingerprint density at radius 2 is 1.78 bits per heavy atom. The lowest BCUT2D eigenvalue weighted by Gasteiger charge is -2.34. The normalized spacial score (nSPS) is 18.2. The summed E-state index contributed by atoms with van der Waals surface area (Å²) in [5.74, 6) is -2.08. The van der Waals surface area contributed by atoms with E-state index in [1.54, 1.807) is 26.0 Å². The molecular formula is C13H14O5. The predicted octanol–water partition coefficient (Wildman–Crippen LogP) is 2.28. The Labute approximate surface area is 104 Å². The van der Waals surface area contributed by atoms with Gasteiger partial charge in [-0.1, -0.05) is 13.8 Å². The van der Waals surface area contributed by atoms with Crippen molar-refractivity contribution in [3.63, 3.8) is 0 Å². The lowest BCUT2D eigenvalue weighted by molar-refractivity contribution is -0.237. The second-order valence-corrected chi connectivity index (χ2v) is 3.97. The van der Waals surface area contributed by atoms with Crippen molar-refractivity contribution in [2.45, 2.75) is 32.5 Å². The van der Waals surface area contributed by atoms with E-state index in [9.17, 15) is 9.59 Å². The topological polar surface area (TPSA) is 65.7 Å². The monoisotopic (exact) mass is 250 g/mol. The number of cyclic esters (lactones) is 2. The SMILES string of the molecule is CCC1(CC)OC(=O)C(=Cc2ccco2)C(=O)O1. The van der Waals surface area contributed by atoms with Gasteiger partial charge in [0.05, 0.1) is 6.26 Å². The maximum absolute atomic E-state index is 11.8. The minimum Gasteiger partial charge on any atom is -0.465 e. The third-order valence-corrected chi connectivity index (χ3v) is 2.90. The first-order chi connectivity index (χ1) is 8.60. The van der Waals surface area contributed by atoms with E-state index < -0.39 is 17.7 Å². The van der Waals surface area contributed by atoms with E-state index in [0.29, 0.717) is 18.6 Å². The molecule has 1 aliphatic rings. The Bertz CT molecular complexity index is 457. The van der Waals surface area contributed by atoms with Crippen LogP contribution in [0, 0.1) is 0 Å². The number of carbonyl (C=O) groups is 2. The second-order valence-electron chi connectivity index (χ2n) is 3.97. The number of hydrogen-bond donors (Lipinski definition) is 0. The lowest BCUT2D eigenvalue weighted by Crippen LogP contribution is -2.45. The van der Waals surface area contributed by atoms with Crippen molar-refractivity contribution < 1.29 is 23.5 Å². The first kappa shape index (κ1) is 12.4. The Balaban J connectivity index is 2.27. The van der Waals surface area contributed by atoms with Crippen LogP contribution in [0.3, 0.4) is 0 Å². The van der Waals surface area contributed by atoms with Gasteiger partial charge >= 0.3 is 11.9 Å². The van der Waals surface area contributed by atoms with Crippen LogP contribution in [0.1, 0.15) is 32.4 Å². The number of furan rings is 1. The van der Waals surface area contributed by atoms with E-state index in [2.05, 4.69) is 0 Å². The molecule has 0 spiro atoms. The molecule has 0 atom stereocenters. The van der Waals surface area contributed by atoms with Crippen LogP contribution in [0.5, 0.6) is 0 Å². The van der Waals surface area contributed by atoms with Crippen LogP contribution in [-0.4, -0.2) is 17.7 Å². The number of esters is 2. The van der Waals surface area contributed by atoms with E-state index in [1.807, 2.05) is 0 Å². The quantitative estimate of drug-likeness (QED) is 0.467. The Morgan fingerprint density at radius 1 is 1.17 bits per heavy atom. The van der Waals surface area contributed by atoms with E-state index in [1.165, 1.54) is 12.3 Å². The van der Waals surface area contributed by atoms with E-state index in [-0.39, 0.29) is 5.57 Å². The number of carbonyl (C=O) groups excluding carboxylic acids is 2. The molecule has 0 bridgehead atoms. The molecule has 0 N–H and O–H groups in total. The summed E-state index contributed by atoms with van der Waals surface area (Å²) in [5, 5.41) is 0. The predicted molar refractivity (Wildman–Crippen MR) is 62.2 cm³/mol. The summed E-state index contributed by atoms with van der Waals surface area (Å²) in [6.45, 7) is 3.59.